The van der Waals surface area contributed by atoms with Gasteiger partial charge in [-0.1, -0.05) is 35.3 Å². The van der Waals surface area contributed by atoms with Crippen molar-refractivity contribution in [1.82, 2.24) is 0 Å². The van der Waals surface area contributed by atoms with Crippen LogP contribution in [-0.4, -0.2) is 13.3 Å². The van der Waals surface area contributed by atoms with Crippen molar-refractivity contribution in [3.63, 3.8) is 0 Å². The molecular formula is C13H10Cl2N2O4S. The number of nitrogens with zero attached hydrogens (tertiary/aromatic N) is 1. The monoisotopic (exact) mass is 360 g/mol. The highest BCUT2D eigenvalue weighted by atomic mass is 35.5. The van der Waals surface area contributed by atoms with Gasteiger partial charge in [-0.25, -0.2) is 8.42 Å². The highest BCUT2D eigenvalue weighted by molar-refractivity contribution is 7.92. The third-order valence-corrected chi connectivity index (χ3v) is 4.99. The van der Waals surface area contributed by atoms with Gasteiger partial charge in [-0.15, -0.1) is 0 Å². The van der Waals surface area contributed by atoms with E-state index in [2.05, 4.69) is 4.72 Å². The van der Waals surface area contributed by atoms with E-state index in [-0.39, 0.29) is 26.3 Å². The topological polar surface area (TPSA) is 89.3 Å². The zero-order valence-corrected chi connectivity index (χ0v) is 13.5. The fourth-order valence-corrected chi connectivity index (χ4v) is 3.75. The van der Waals surface area contributed by atoms with Crippen LogP contribution in [0.15, 0.2) is 41.3 Å². The summed E-state index contributed by atoms with van der Waals surface area (Å²) in [5.74, 6) is 0. The molecule has 0 bridgehead atoms. The van der Waals surface area contributed by atoms with Gasteiger partial charge in [0.05, 0.1) is 25.6 Å². The summed E-state index contributed by atoms with van der Waals surface area (Å²) in [7, 11) is -4.07. The van der Waals surface area contributed by atoms with Gasteiger partial charge in [0.25, 0.3) is 15.7 Å². The molecule has 2 aromatic rings. The van der Waals surface area contributed by atoms with Crippen molar-refractivity contribution >= 4 is 44.6 Å². The minimum Gasteiger partial charge on any atom is -0.277 e. The van der Waals surface area contributed by atoms with Gasteiger partial charge in [0.2, 0.25) is 0 Å². The number of halogens is 2. The Labute approximate surface area is 136 Å². The largest absolute Gasteiger partial charge is 0.277 e. The van der Waals surface area contributed by atoms with E-state index in [0.29, 0.717) is 5.56 Å². The number of nitro groups is 1. The summed E-state index contributed by atoms with van der Waals surface area (Å²) in [5.41, 5.74) is 0.0641. The summed E-state index contributed by atoms with van der Waals surface area (Å²) in [6.07, 6.45) is 0. The molecule has 0 heterocycles. The van der Waals surface area contributed by atoms with Crippen LogP contribution in [0.3, 0.4) is 0 Å². The molecule has 0 amide bonds. The molecule has 0 radical (unpaired) electrons. The first kappa shape index (κ1) is 16.5. The van der Waals surface area contributed by atoms with Crippen LogP contribution in [0.2, 0.25) is 10.0 Å². The molecule has 116 valence electrons. The van der Waals surface area contributed by atoms with Gasteiger partial charge in [-0.2, -0.15) is 0 Å². The van der Waals surface area contributed by atoms with E-state index in [1.54, 1.807) is 6.07 Å². The van der Waals surface area contributed by atoms with E-state index in [4.69, 9.17) is 23.2 Å². The number of sulfonamides is 1. The first-order chi connectivity index (χ1) is 10.2. The van der Waals surface area contributed by atoms with Crippen molar-refractivity contribution < 1.29 is 13.3 Å². The predicted molar refractivity (Wildman–Crippen MR) is 85.1 cm³/mol. The molecule has 0 aliphatic rings. The number of benzene rings is 2. The average molecular weight is 361 g/mol. The Balaban J connectivity index is 2.52. The molecule has 2 rings (SSSR count). The van der Waals surface area contributed by atoms with Crippen molar-refractivity contribution in [3.8, 4) is 0 Å². The molecule has 0 fully saturated rings. The first-order valence-electron chi connectivity index (χ1n) is 5.94. The first-order valence-corrected chi connectivity index (χ1v) is 8.18. The summed E-state index contributed by atoms with van der Waals surface area (Å²) < 4.78 is 27.2. The van der Waals surface area contributed by atoms with Gasteiger partial charge in [-0.05, 0) is 24.6 Å². The second-order valence-electron chi connectivity index (χ2n) is 4.41. The summed E-state index contributed by atoms with van der Waals surface area (Å²) >= 11 is 11.8. The van der Waals surface area contributed by atoms with Gasteiger partial charge in [0.1, 0.15) is 0 Å². The number of anilines is 1. The smallest absolute Gasteiger partial charge is 0.270 e. The zero-order valence-electron chi connectivity index (χ0n) is 11.2. The molecule has 0 aliphatic carbocycles. The zero-order chi connectivity index (χ0) is 16.5. The van der Waals surface area contributed by atoms with Crippen LogP contribution in [0.1, 0.15) is 5.56 Å². The Hall–Kier alpha value is -1.83. The lowest BCUT2D eigenvalue weighted by Gasteiger charge is -2.12. The Bertz CT molecular complexity index is 833. The number of nitrogens with one attached hydrogen (secondary N) is 1. The Morgan fingerprint density at radius 3 is 2.27 bits per heavy atom. The Morgan fingerprint density at radius 2 is 1.73 bits per heavy atom. The molecule has 1 N–H and O–H groups in total. The molecular weight excluding hydrogens is 351 g/mol. The van der Waals surface area contributed by atoms with E-state index in [9.17, 15) is 18.5 Å². The van der Waals surface area contributed by atoms with E-state index < -0.39 is 14.9 Å². The predicted octanol–water partition coefficient (Wildman–Crippen LogP) is 4.01. The minimum atomic E-state index is -4.07. The van der Waals surface area contributed by atoms with E-state index >= 15 is 0 Å². The number of para-hydroxylation sites is 1. The van der Waals surface area contributed by atoms with Crippen LogP contribution < -0.4 is 4.72 Å². The van der Waals surface area contributed by atoms with Gasteiger partial charge >= 0.3 is 0 Å². The van der Waals surface area contributed by atoms with Crippen LogP contribution in [0.25, 0.3) is 0 Å². The molecule has 6 nitrogen and oxygen atoms in total. The maximum atomic E-state index is 12.5. The number of non-ortho nitro benzene ring substituents is 1. The molecule has 0 unspecified atom stereocenters. The van der Waals surface area contributed by atoms with Crippen LogP contribution in [0.5, 0.6) is 0 Å². The quantitative estimate of drug-likeness (QED) is 0.658. The summed E-state index contributed by atoms with van der Waals surface area (Å²) in [5, 5.41) is 11.1. The molecule has 0 spiro atoms. The van der Waals surface area contributed by atoms with Crippen molar-refractivity contribution in [2.75, 3.05) is 4.72 Å². The fraction of sp³-hybridized carbons (Fsp3) is 0.0769. The second-order valence-corrected chi connectivity index (χ2v) is 6.87. The number of rotatable bonds is 4. The van der Waals surface area contributed by atoms with Gasteiger partial charge < -0.3 is 0 Å². The van der Waals surface area contributed by atoms with Crippen LogP contribution in [0.4, 0.5) is 11.4 Å². The SMILES string of the molecule is Cc1ccc([N+](=O)[O-])cc1S(=O)(=O)Nc1c(Cl)cccc1Cl. The summed E-state index contributed by atoms with van der Waals surface area (Å²) in [4.78, 5) is 9.93. The summed E-state index contributed by atoms with van der Waals surface area (Å²) in [6.45, 7) is 1.53. The van der Waals surface area contributed by atoms with Crippen LogP contribution in [0, 0.1) is 17.0 Å². The van der Waals surface area contributed by atoms with Gasteiger partial charge in [0, 0.05) is 12.1 Å². The van der Waals surface area contributed by atoms with Crippen LogP contribution in [-0.2, 0) is 10.0 Å². The van der Waals surface area contributed by atoms with Crippen molar-refractivity contribution in [3.05, 3.63) is 62.1 Å². The van der Waals surface area contributed by atoms with E-state index in [0.717, 1.165) is 6.07 Å². The third kappa shape index (κ3) is 3.32. The van der Waals surface area contributed by atoms with E-state index in [1.165, 1.54) is 31.2 Å². The van der Waals surface area contributed by atoms with Crippen molar-refractivity contribution in [2.24, 2.45) is 0 Å². The fourth-order valence-electron chi connectivity index (χ4n) is 1.78. The molecule has 0 saturated heterocycles. The number of aryl methyl sites for hydroxylation is 1. The molecule has 0 saturated carbocycles. The normalized spacial score (nSPS) is 11.2. The lowest BCUT2D eigenvalue weighted by Crippen LogP contribution is -2.15. The standard InChI is InChI=1S/C13H10Cl2N2O4S/c1-8-5-6-9(17(18)19)7-12(8)22(20,21)16-13-10(14)3-2-4-11(13)15/h2-7,16H,1H3. The second kappa shape index (κ2) is 6.12. The number of hydrogen-bond acceptors (Lipinski definition) is 4. The molecule has 2 aromatic carbocycles. The maximum absolute atomic E-state index is 12.5. The molecule has 22 heavy (non-hydrogen) atoms. The molecule has 0 aliphatic heterocycles. The summed E-state index contributed by atoms with van der Waals surface area (Å²) in [6, 6.07) is 8.11. The lowest BCUT2D eigenvalue weighted by atomic mass is 10.2. The lowest BCUT2D eigenvalue weighted by molar-refractivity contribution is -0.385. The maximum Gasteiger partial charge on any atom is 0.270 e. The molecule has 9 heteroatoms. The highest BCUT2D eigenvalue weighted by Gasteiger charge is 2.22. The average Bonchev–Trinajstić information content (AvgIpc) is 2.43. The van der Waals surface area contributed by atoms with Crippen molar-refractivity contribution in [2.45, 2.75) is 11.8 Å². The minimum absolute atomic E-state index is 0.0248. The van der Waals surface area contributed by atoms with Gasteiger partial charge in [0.15, 0.2) is 0 Å². The third-order valence-electron chi connectivity index (χ3n) is 2.87. The van der Waals surface area contributed by atoms with Crippen molar-refractivity contribution in [1.29, 1.82) is 0 Å². The molecule has 0 atom stereocenters. The molecule has 0 aromatic heterocycles. The Kier molecular flexibility index (Phi) is 4.60. The van der Waals surface area contributed by atoms with Crippen LogP contribution >= 0.6 is 23.2 Å². The highest BCUT2D eigenvalue weighted by Crippen LogP contribution is 2.32. The van der Waals surface area contributed by atoms with E-state index in [1.807, 2.05) is 0 Å². The number of nitro benzene ring substituents is 1. The van der Waals surface area contributed by atoms with Gasteiger partial charge in [-0.3, -0.25) is 14.8 Å². The Morgan fingerprint density at radius 1 is 1.14 bits per heavy atom. The number of hydrogen-bond donors (Lipinski definition) is 1.